The third kappa shape index (κ3) is 2.72. The molecule has 0 saturated carbocycles. The van der Waals surface area contributed by atoms with Crippen LogP contribution in [0.25, 0.3) is 5.69 Å². The lowest BCUT2D eigenvalue weighted by Gasteiger charge is -2.12. The summed E-state index contributed by atoms with van der Waals surface area (Å²) >= 11 is 3.09. The van der Waals surface area contributed by atoms with E-state index < -0.39 is 17.7 Å². The summed E-state index contributed by atoms with van der Waals surface area (Å²) in [5.74, 6) is -0.568. The highest BCUT2D eigenvalue weighted by molar-refractivity contribution is 9.10. The zero-order chi connectivity index (χ0) is 14.9. The molecule has 106 valence electrons. The maximum absolute atomic E-state index is 12.6. The summed E-state index contributed by atoms with van der Waals surface area (Å²) in [5, 5.41) is 0. The van der Waals surface area contributed by atoms with Crippen molar-refractivity contribution >= 4 is 21.9 Å². The lowest BCUT2D eigenvalue weighted by molar-refractivity contribution is -0.137. The van der Waals surface area contributed by atoms with Gasteiger partial charge in [-0.25, -0.2) is 4.79 Å². The van der Waals surface area contributed by atoms with Crippen LogP contribution in [-0.4, -0.2) is 17.6 Å². The van der Waals surface area contributed by atoms with Gasteiger partial charge in [-0.05, 0) is 46.3 Å². The smallest absolute Gasteiger partial charge is 0.416 e. The maximum atomic E-state index is 12.6. The van der Waals surface area contributed by atoms with Crippen LogP contribution in [0.2, 0.25) is 0 Å². The largest absolute Gasteiger partial charge is 0.464 e. The quantitative estimate of drug-likeness (QED) is 0.767. The van der Waals surface area contributed by atoms with Crippen molar-refractivity contribution in [1.29, 1.82) is 0 Å². The fourth-order valence-electron chi connectivity index (χ4n) is 1.74. The van der Waals surface area contributed by atoms with Gasteiger partial charge in [-0.1, -0.05) is 0 Å². The number of alkyl halides is 3. The second-order valence-corrected chi connectivity index (χ2v) is 4.77. The van der Waals surface area contributed by atoms with Crippen LogP contribution >= 0.6 is 15.9 Å². The Kier molecular flexibility index (Phi) is 3.89. The van der Waals surface area contributed by atoms with E-state index in [0.717, 1.165) is 12.1 Å². The molecule has 0 atom stereocenters. The van der Waals surface area contributed by atoms with E-state index >= 15 is 0 Å². The summed E-state index contributed by atoms with van der Waals surface area (Å²) in [7, 11) is 1.24. The highest BCUT2D eigenvalue weighted by atomic mass is 79.9. The fourth-order valence-corrected chi connectivity index (χ4v) is 2.31. The Bertz CT molecular complexity index is 649. The molecule has 0 fully saturated rings. The molecule has 0 aliphatic heterocycles. The number of aromatic nitrogens is 1. The number of methoxy groups -OCH3 is 1. The summed E-state index contributed by atoms with van der Waals surface area (Å²) in [6.07, 6.45) is -2.84. The molecular formula is C13H9BrF3NO2. The molecule has 3 nitrogen and oxygen atoms in total. The van der Waals surface area contributed by atoms with Crippen molar-refractivity contribution in [3.05, 3.63) is 52.3 Å². The predicted molar refractivity (Wildman–Crippen MR) is 69.8 cm³/mol. The van der Waals surface area contributed by atoms with Crippen LogP contribution in [0.15, 0.2) is 41.0 Å². The van der Waals surface area contributed by atoms with Crippen LogP contribution in [0.3, 0.4) is 0 Å². The summed E-state index contributed by atoms with van der Waals surface area (Å²) in [4.78, 5) is 11.6. The summed E-state index contributed by atoms with van der Waals surface area (Å²) in [5.41, 5.74) is -0.115. The molecule has 0 unspecified atom stereocenters. The average Bonchev–Trinajstić information content (AvgIpc) is 2.85. The van der Waals surface area contributed by atoms with E-state index in [-0.39, 0.29) is 10.2 Å². The average molecular weight is 348 g/mol. The maximum Gasteiger partial charge on any atom is 0.416 e. The van der Waals surface area contributed by atoms with Gasteiger partial charge >= 0.3 is 12.1 Å². The van der Waals surface area contributed by atoms with Crippen molar-refractivity contribution in [2.45, 2.75) is 6.18 Å². The number of halogens is 4. The van der Waals surface area contributed by atoms with Gasteiger partial charge in [-0.3, -0.25) is 0 Å². The number of hydrogen-bond donors (Lipinski definition) is 0. The SMILES string of the molecule is COC(=O)c1cccn1-c1ccc(C(F)(F)F)cc1Br. The van der Waals surface area contributed by atoms with E-state index in [2.05, 4.69) is 20.7 Å². The summed E-state index contributed by atoms with van der Waals surface area (Å²) < 4.78 is 44.1. The standard InChI is InChI=1S/C13H9BrF3NO2/c1-20-12(19)11-3-2-6-18(11)10-5-4-8(7-9(10)14)13(15,16)17/h2-7H,1H3. The van der Waals surface area contributed by atoms with Crippen LogP contribution in [-0.2, 0) is 10.9 Å². The molecule has 1 heterocycles. The van der Waals surface area contributed by atoms with E-state index in [9.17, 15) is 18.0 Å². The van der Waals surface area contributed by atoms with Gasteiger partial charge in [0.2, 0.25) is 0 Å². The molecule has 0 amide bonds. The Morgan fingerprint density at radius 2 is 2.00 bits per heavy atom. The Hall–Kier alpha value is -1.76. The number of carbonyl (C=O) groups excluding carboxylic acids is 1. The van der Waals surface area contributed by atoms with Crippen LogP contribution in [0.1, 0.15) is 16.1 Å². The first kappa shape index (κ1) is 14.6. The highest BCUT2D eigenvalue weighted by Crippen LogP contribution is 2.33. The van der Waals surface area contributed by atoms with Gasteiger partial charge in [0.25, 0.3) is 0 Å². The molecule has 0 aliphatic carbocycles. The van der Waals surface area contributed by atoms with Gasteiger partial charge < -0.3 is 9.30 Å². The minimum Gasteiger partial charge on any atom is -0.464 e. The Morgan fingerprint density at radius 1 is 1.30 bits per heavy atom. The molecule has 1 aromatic carbocycles. The molecule has 20 heavy (non-hydrogen) atoms. The molecule has 2 aromatic rings. The third-order valence-electron chi connectivity index (χ3n) is 2.68. The molecule has 0 saturated heterocycles. The first-order valence-corrected chi connectivity index (χ1v) is 6.26. The lowest BCUT2D eigenvalue weighted by atomic mass is 10.2. The first-order valence-electron chi connectivity index (χ1n) is 5.47. The second kappa shape index (κ2) is 5.32. The normalized spacial score (nSPS) is 11.4. The molecule has 1 aromatic heterocycles. The van der Waals surface area contributed by atoms with Gasteiger partial charge in [-0.15, -0.1) is 0 Å². The molecule has 0 N–H and O–H groups in total. The number of hydrogen-bond acceptors (Lipinski definition) is 2. The van der Waals surface area contributed by atoms with Gasteiger partial charge in [0.1, 0.15) is 5.69 Å². The van der Waals surface area contributed by atoms with Crippen LogP contribution in [0.4, 0.5) is 13.2 Å². The van der Waals surface area contributed by atoms with Crippen LogP contribution in [0.5, 0.6) is 0 Å². The highest BCUT2D eigenvalue weighted by Gasteiger charge is 2.31. The minimum atomic E-state index is -4.41. The second-order valence-electron chi connectivity index (χ2n) is 3.92. The molecule has 7 heteroatoms. The zero-order valence-electron chi connectivity index (χ0n) is 10.2. The fraction of sp³-hybridized carbons (Fsp3) is 0.154. The summed E-state index contributed by atoms with van der Waals surface area (Å²) in [6, 6.07) is 6.35. The van der Waals surface area contributed by atoms with Crippen LogP contribution < -0.4 is 0 Å². The van der Waals surface area contributed by atoms with E-state index in [1.54, 1.807) is 12.3 Å². The number of nitrogens with zero attached hydrogens (tertiary/aromatic N) is 1. The van der Waals surface area contributed by atoms with Crippen molar-refractivity contribution < 1.29 is 22.7 Å². The zero-order valence-corrected chi connectivity index (χ0v) is 11.8. The van der Waals surface area contributed by atoms with Gasteiger partial charge in [0, 0.05) is 10.7 Å². The number of esters is 1. The van der Waals surface area contributed by atoms with Crippen molar-refractivity contribution in [1.82, 2.24) is 4.57 Å². The lowest BCUT2D eigenvalue weighted by Crippen LogP contribution is -2.10. The Morgan fingerprint density at radius 3 is 2.55 bits per heavy atom. The summed E-state index contributed by atoms with van der Waals surface area (Å²) in [6.45, 7) is 0. The minimum absolute atomic E-state index is 0.230. The molecule has 2 rings (SSSR count). The van der Waals surface area contributed by atoms with Gasteiger partial charge in [0.15, 0.2) is 0 Å². The number of rotatable bonds is 2. The van der Waals surface area contributed by atoms with Crippen LogP contribution in [0, 0.1) is 0 Å². The molecule has 0 aliphatic rings. The topological polar surface area (TPSA) is 31.2 Å². The van der Waals surface area contributed by atoms with Crippen molar-refractivity contribution in [3.8, 4) is 5.69 Å². The Balaban J connectivity index is 2.50. The molecule has 0 spiro atoms. The van der Waals surface area contributed by atoms with Gasteiger partial charge in [-0.2, -0.15) is 13.2 Å². The van der Waals surface area contributed by atoms with E-state index in [0.29, 0.717) is 5.69 Å². The number of ether oxygens (including phenoxy) is 1. The van der Waals surface area contributed by atoms with E-state index in [1.807, 2.05) is 0 Å². The molecule has 0 bridgehead atoms. The monoisotopic (exact) mass is 347 g/mol. The van der Waals surface area contributed by atoms with Crippen molar-refractivity contribution in [2.75, 3.05) is 7.11 Å². The number of carbonyl (C=O) groups is 1. The first-order chi connectivity index (χ1) is 9.34. The van der Waals surface area contributed by atoms with Crippen molar-refractivity contribution in [2.24, 2.45) is 0 Å². The Labute approximate surface area is 121 Å². The predicted octanol–water partition coefficient (Wildman–Crippen LogP) is 4.05. The molecule has 0 radical (unpaired) electrons. The van der Waals surface area contributed by atoms with E-state index in [1.165, 1.54) is 23.8 Å². The number of benzene rings is 1. The third-order valence-corrected chi connectivity index (χ3v) is 3.31. The van der Waals surface area contributed by atoms with E-state index in [4.69, 9.17) is 0 Å². The van der Waals surface area contributed by atoms with Crippen molar-refractivity contribution in [3.63, 3.8) is 0 Å². The van der Waals surface area contributed by atoms with Gasteiger partial charge in [0.05, 0.1) is 18.4 Å². The molecular weight excluding hydrogens is 339 g/mol.